The summed E-state index contributed by atoms with van der Waals surface area (Å²) in [7, 11) is 4.01. The molecule has 8 heteroatoms. The van der Waals surface area contributed by atoms with E-state index in [0.717, 1.165) is 11.4 Å². The summed E-state index contributed by atoms with van der Waals surface area (Å²) in [5.41, 5.74) is 2.91. The van der Waals surface area contributed by atoms with E-state index in [-0.39, 0.29) is 27.3 Å². The van der Waals surface area contributed by atoms with Gasteiger partial charge in [0.05, 0.1) is 0 Å². The van der Waals surface area contributed by atoms with Gasteiger partial charge in [-0.25, -0.2) is 0 Å². The Morgan fingerprint density at radius 1 is 1.30 bits per heavy atom. The summed E-state index contributed by atoms with van der Waals surface area (Å²) in [4.78, 5) is 14.8. The van der Waals surface area contributed by atoms with Crippen molar-refractivity contribution in [3.8, 4) is 5.75 Å². The van der Waals surface area contributed by atoms with Crippen molar-refractivity contribution in [1.29, 1.82) is 0 Å². The third-order valence-corrected chi connectivity index (χ3v) is 7.32. The number of ether oxygens (including phenoxy) is 1. The van der Waals surface area contributed by atoms with Gasteiger partial charge in [-0.1, -0.05) is 0 Å². The van der Waals surface area contributed by atoms with Gasteiger partial charge in [-0.05, 0) is 0 Å². The number of benzene rings is 2. The number of fused-ring (bicyclic) bond motifs is 2. The van der Waals surface area contributed by atoms with Gasteiger partial charge in [0.25, 0.3) is 0 Å². The first-order valence-corrected chi connectivity index (χ1v) is 10.2. The SMILES string of the molecule is CN(C)c1ccc2c(c1)[Se]C1(C=Cc3cc([N+](=O)[O-])ccc3O1)N2CCO. The van der Waals surface area contributed by atoms with Crippen LogP contribution in [0.5, 0.6) is 5.75 Å². The average Bonchev–Trinajstić information content (AvgIpc) is 2.93. The number of nitrogens with zero attached hydrogens (tertiary/aromatic N) is 3. The number of aliphatic hydroxyl groups is 1. The molecule has 0 bridgehead atoms. The van der Waals surface area contributed by atoms with Gasteiger partial charge >= 0.3 is 163 Å². The zero-order valence-electron chi connectivity index (χ0n) is 15.0. The number of non-ortho nitro benzene ring substituents is 1. The van der Waals surface area contributed by atoms with Crippen molar-refractivity contribution in [2.75, 3.05) is 37.0 Å². The molecule has 2 aliphatic rings. The van der Waals surface area contributed by atoms with Gasteiger partial charge in [0.2, 0.25) is 0 Å². The van der Waals surface area contributed by atoms with E-state index in [9.17, 15) is 15.2 Å². The molecule has 0 saturated carbocycles. The number of hydrogen-bond acceptors (Lipinski definition) is 6. The number of hydrogen-bond donors (Lipinski definition) is 1. The van der Waals surface area contributed by atoms with Gasteiger partial charge in [-0.2, -0.15) is 0 Å². The maximum absolute atomic E-state index is 11.0. The third-order valence-electron chi connectivity index (χ3n) is 4.64. The summed E-state index contributed by atoms with van der Waals surface area (Å²) in [6.07, 6.45) is 3.85. The Hall–Kier alpha value is -2.54. The second kappa shape index (κ2) is 6.56. The summed E-state index contributed by atoms with van der Waals surface area (Å²) in [5.74, 6) is 0.619. The first-order chi connectivity index (χ1) is 12.9. The van der Waals surface area contributed by atoms with Crippen molar-refractivity contribution in [1.82, 2.24) is 0 Å². The molecule has 0 amide bonds. The molecule has 0 radical (unpaired) electrons. The minimum absolute atomic E-state index is 0.0109. The predicted molar refractivity (Wildman–Crippen MR) is 106 cm³/mol. The molecule has 1 atom stereocenters. The van der Waals surface area contributed by atoms with Crippen LogP contribution in [0.3, 0.4) is 0 Å². The Morgan fingerprint density at radius 2 is 2.11 bits per heavy atom. The Bertz CT molecular complexity index is 947. The monoisotopic (exact) mass is 433 g/mol. The molecule has 0 fully saturated rings. The first kappa shape index (κ1) is 17.9. The van der Waals surface area contributed by atoms with Gasteiger partial charge in [0.15, 0.2) is 0 Å². The molecular formula is C19H19N3O4Se. The van der Waals surface area contributed by atoms with Crippen LogP contribution in [-0.2, 0) is 0 Å². The second-order valence-electron chi connectivity index (χ2n) is 6.57. The van der Waals surface area contributed by atoms with E-state index < -0.39 is 9.55 Å². The van der Waals surface area contributed by atoms with Crippen molar-refractivity contribution < 1.29 is 14.8 Å². The molecule has 7 nitrogen and oxygen atoms in total. The molecule has 2 aliphatic heterocycles. The van der Waals surface area contributed by atoms with E-state index in [1.165, 1.54) is 16.6 Å². The number of rotatable bonds is 4. The van der Waals surface area contributed by atoms with Gasteiger partial charge in [0, 0.05) is 0 Å². The fourth-order valence-corrected chi connectivity index (χ4v) is 6.12. The molecule has 1 spiro atoms. The molecule has 2 heterocycles. The number of nitro benzene ring substituents is 1. The molecule has 0 aromatic heterocycles. The zero-order valence-corrected chi connectivity index (χ0v) is 16.7. The van der Waals surface area contributed by atoms with Crippen molar-refractivity contribution in [2.24, 2.45) is 0 Å². The van der Waals surface area contributed by atoms with E-state index >= 15 is 0 Å². The molecule has 4 rings (SSSR count). The van der Waals surface area contributed by atoms with Crippen molar-refractivity contribution in [3.63, 3.8) is 0 Å². The molecule has 0 saturated heterocycles. The normalized spacial score (nSPS) is 19.6. The van der Waals surface area contributed by atoms with E-state index in [1.54, 1.807) is 6.07 Å². The van der Waals surface area contributed by atoms with Crippen LogP contribution in [0.25, 0.3) is 6.08 Å². The third kappa shape index (κ3) is 2.96. The Labute approximate surface area is 163 Å². The van der Waals surface area contributed by atoms with Crippen LogP contribution in [0.1, 0.15) is 5.56 Å². The van der Waals surface area contributed by atoms with E-state index in [0.29, 0.717) is 17.9 Å². The Morgan fingerprint density at radius 3 is 2.81 bits per heavy atom. The molecule has 1 N–H and O–H groups in total. The van der Waals surface area contributed by atoms with E-state index in [4.69, 9.17) is 4.74 Å². The Balaban J connectivity index is 1.74. The van der Waals surface area contributed by atoms with Crippen molar-refractivity contribution in [3.05, 3.63) is 58.2 Å². The topological polar surface area (TPSA) is 79.1 Å². The van der Waals surface area contributed by atoms with E-state index in [2.05, 4.69) is 28.0 Å². The number of aliphatic hydroxyl groups excluding tert-OH is 1. The fourth-order valence-electron chi connectivity index (χ4n) is 3.30. The summed E-state index contributed by atoms with van der Waals surface area (Å²) in [6, 6.07) is 10.9. The predicted octanol–water partition coefficient (Wildman–Crippen LogP) is 1.56. The summed E-state index contributed by atoms with van der Waals surface area (Å²) >= 11 is -0.0561. The molecular weight excluding hydrogens is 413 g/mol. The molecule has 1 unspecified atom stereocenters. The van der Waals surface area contributed by atoms with Crippen LogP contribution in [0, 0.1) is 10.1 Å². The first-order valence-electron chi connectivity index (χ1n) is 8.49. The maximum atomic E-state index is 11.0. The second-order valence-corrected chi connectivity index (χ2v) is 9.15. The minimum atomic E-state index is -0.674. The molecule has 0 aliphatic carbocycles. The van der Waals surface area contributed by atoms with Crippen molar-refractivity contribution >= 4 is 42.6 Å². The molecule has 140 valence electrons. The van der Waals surface area contributed by atoms with Crippen molar-refractivity contribution in [2.45, 2.75) is 4.62 Å². The quantitative estimate of drug-likeness (QED) is 0.449. The zero-order chi connectivity index (χ0) is 19.2. The van der Waals surface area contributed by atoms with Crippen LogP contribution in [0.15, 0.2) is 42.5 Å². The van der Waals surface area contributed by atoms with Crippen LogP contribution < -0.4 is 19.0 Å². The van der Waals surface area contributed by atoms with Gasteiger partial charge < -0.3 is 0 Å². The molecule has 27 heavy (non-hydrogen) atoms. The summed E-state index contributed by atoms with van der Waals surface area (Å²) < 4.78 is 6.91. The van der Waals surface area contributed by atoms with Gasteiger partial charge in [-0.15, -0.1) is 0 Å². The van der Waals surface area contributed by atoms with Crippen LogP contribution in [0.2, 0.25) is 0 Å². The number of nitro groups is 1. The van der Waals surface area contributed by atoms with E-state index in [1.807, 2.05) is 26.2 Å². The van der Waals surface area contributed by atoms with Gasteiger partial charge in [-0.3, -0.25) is 0 Å². The van der Waals surface area contributed by atoms with Crippen LogP contribution in [0.4, 0.5) is 17.1 Å². The number of β-amino-alcohol motifs (C(OH)–C–C–N with tert-alkyl or cyclic N) is 1. The number of anilines is 2. The fraction of sp³-hybridized carbons (Fsp3) is 0.263. The summed E-state index contributed by atoms with van der Waals surface area (Å²) in [6.45, 7) is 0.458. The summed E-state index contributed by atoms with van der Waals surface area (Å²) in [5, 5.41) is 20.6. The van der Waals surface area contributed by atoms with Crippen LogP contribution in [-0.4, -0.2) is 56.9 Å². The standard InChI is InChI=1S/C19H19N3O4Se/c1-20(2)14-3-5-16-18(12-14)27-19(21(16)9-10-23)8-7-13-11-15(22(24)25)4-6-17(13)26-19/h3-8,11-12,23H,9-10H2,1-2H3. The average molecular weight is 432 g/mol. The van der Waals surface area contributed by atoms with Crippen LogP contribution >= 0.6 is 0 Å². The molecule has 2 aromatic rings. The molecule has 2 aromatic carbocycles. The Kier molecular flexibility index (Phi) is 4.34. The van der Waals surface area contributed by atoms with Gasteiger partial charge in [0.1, 0.15) is 0 Å².